The van der Waals surface area contributed by atoms with Crippen LogP contribution in [0, 0.1) is 0 Å². The van der Waals surface area contributed by atoms with Crippen molar-refractivity contribution < 1.29 is 22.6 Å². The highest BCUT2D eigenvalue weighted by molar-refractivity contribution is 5.41. The summed E-state index contributed by atoms with van der Waals surface area (Å²) in [4.78, 5) is 7.19. The number of anilines is 1. The van der Waals surface area contributed by atoms with Crippen LogP contribution >= 0.6 is 0 Å². The number of halogens is 3. The van der Waals surface area contributed by atoms with Crippen molar-refractivity contribution in [2.75, 3.05) is 18.5 Å². The fourth-order valence-electron chi connectivity index (χ4n) is 1.97. The van der Waals surface area contributed by atoms with Crippen LogP contribution < -0.4 is 14.8 Å². The number of benzene rings is 1. The number of nitrogens with one attached hydrogen (secondary N) is 1. The molecule has 0 aliphatic carbocycles. The Morgan fingerprint density at radius 2 is 1.95 bits per heavy atom. The van der Waals surface area contributed by atoms with Crippen molar-refractivity contribution in [3.8, 4) is 11.5 Å². The van der Waals surface area contributed by atoms with E-state index in [0.29, 0.717) is 18.1 Å². The van der Waals surface area contributed by atoms with E-state index in [9.17, 15) is 13.2 Å². The largest absolute Gasteiger partial charge is 0.486 e. The molecule has 1 N–H and O–H groups in total. The number of rotatable bonds is 3. The summed E-state index contributed by atoms with van der Waals surface area (Å²) in [7, 11) is 0. The van der Waals surface area contributed by atoms with Crippen LogP contribution in [-0.2, 0) is 6.18 Å². The Morgan fingerprint density at radius 3 is 2.73 bits per heavy atom. The molecule has 22 heavy (non-hydrogen) atoms. The minimum atomic E-state index is -4.50. The van der Waals surface area contributed by atoms with Crippen LogP contribution in [0.2, 0.25) is 0 Å². The molecule has 0 spiro atoms. The van der Waals surface area contributed by atoms with Gasteiger partial charge in [-0.3, -0.25) is 0 Å². The number of alkyl halides is 3. The molecule has 1 aromatic heterocycles. The number of aromatic nitrogens is 2. The van der Waals surface area contributed by atoms with Gasteiger partial charge < -0.3 is 14.8 Å². The van der Waals surface area contributed by atoms with Crippen LogP contribution in [0.5, 0.6) is 11.5 Å². The van der Waals surface area contributed by atoms with E-state index in [4.69, 9.17) is 9.47 Å². The Balaban J connectivity index is 1.62. The van der Waals surface area contributed by atoms with Gasteiger partial charge in [-0.25, -0.2) is 9.97 Å². The summed E-state index contributed by atoms with van der Waals surface area (Å²) in [6.45, 7) is 0.526. The first-order valence-electron chi connectivity index (χ1n) is 6.55. The van der Waals surface area contributed by atoms with Crippen LogP contribution in [-0.4, -0.2) is 29.2 Å². The third-order valence-corrected chi connectivity index (χ3v) is 3.00. The van der Waals surface area contributed by atoms with Gasteiger partial charge in [0, 0.05) is 6.20 Å². The predicted octanol–water partition coefficient (Wildman–Crippen LogP) is 2.75. The van der Waals surface area contributed by atoms with Gasteiger partial charge >= 0.3 is 6.18 Å². The topological polar surface area (TPSA) is 56.3 Å². The highest BCUT2D eigenvalue weighted by atomic mass is 19.4. The van der Waals surface area contributed by atoms with E-state index >= 15 is 0 Å². The maximum absolute atomic E-state index is 12.6. The lowest BCUT2D eigenvalue weighted by Gasteiger charge is -2.26. The number of fused-ring (bicyclic) bond motifs is 1. The van der Waals surface area contributed by atoms with E-state index < -0.39 is 11.9 Å². The van der Waals surface area contributed by atoms with E-state index in [0.717, 1.165) is 12.3 Å². The smallest absolute Gasteiger partial charge is 0.433 e. The summed E-state index contributed by atoms with van der Waals surface area (Å²) in [6.07, 6.45) is -3.78. The molecular weight excluding hydrogens is 299 g/mol. The summed E-state index contributed by atoms with van der Waals surface area (Å²) in [5, 5.41) is 2.73. The fourth-order valence-corrected chi connectivity index (χ4v) is 1.97. The third kappa shape index (κ3) is 3.21. The van der Waals surface area contributed by atoms with Gasteiger partial charge in [0.2, 0.25) is 5.95 Å². The van der Waals surface area contributed by atoms with Crippen LogP contribution in [0.4, 0.5) is 19.1 Å². The Bertz CT molecular complexity index is 664. The molecule has 2 aromatic rings. The van der Waals surface area contributed by atoms with E-state index in [-0.39, 0.29) is 18.6 Å². The molecule has 0 saturated carbocycles. The van der Waals surface area contributed by atoms with Crippen molar-refractivity contribution in [2.24, 2.45) is 0 Å². The van der Waals surface area contributed by atoms with Crippen LogP contribution in [0.15, 0.2) is 36.5 Å². The van der Waals surface area contributed by atoms with Gasteiger partial charge in [0.05, 0.1) is 6.54 Å². The fraction of sp³-hybridized carbons (Fsp3) is 0.286. The van der Waals surface area contributed by atoms with E-state index in [1.807, 2.05) is 12.1 Å². The Morgan fingerprint density at radius 1 is 1.18 bits per heavy atom. The summed E-state index contributed by atoms with van der Waals surface area (Å²) < 4.78 is 48.9. The lowest BCUT2D eigenvalue weighted by atomic mass is 10.2. The first-order chi connectivity index (χ1) is 10.5. The third-order valence-electron chi connectivity index (χ3n) is 3.00. The van der Waals surface area contributed by atoms with Crippen molar-refractivity contribution in [2.45, 2.75) is 12.3 Å². The second-order valence-electron chi connectivity index (χ2n) is 4.64. The highest BCUT2D eigenvalue weighted by Gasteiger charge is 2.32. The van der Waals surface area contributed by atoms with Crippen LogP contribution in [0.3, 0.4) is 0 Å². The van der Waals surface area contributed by atoms with Crippen molar-refractivity contribution in [3.05, 3.63) is 42.2 Å². The Hall–Kier alpha value is -2.51. The number of hydrogen-bond donors (Lipinski definition) is 1. The molecule has 2 heterocycles. The molecule has 1 aliphatic rings. The SMILES string of the molecule is FC(F)(F)c1ccnc(NC[C@H]2COc3ccccc3O2)n1. The summed E-state index contributed by atoms with van der Waals surface area (Å²) in [6, 6.07) is 8.02. The molecule has 116 valence electrons. The lowest BCUT2D eigenvalue weighted by molar-refractivity contribution is -0.141. The zero-order valence-electron chi connectivity index (χ0n) is 11.3. The Labute approximate surface area is 124 Å². The number of hydrogen-bond acceptors (Lipinski definition) is 5. The molecule has 1 atom stereocenters. The molecule has 3 rings (SSSR count). The molecule has 8 heteroatoms. The van der Waals surface area contributed by atoms with Crippen LogP contribution in [0.1, 0.15) is 5.69 Å². The standard InChI is InChI=1S/C14H12F3N3O2/c15-14(16,17)12-5-6-18-13(20-12)19-7-9-8-21-10-3-1-2-4-11(10)22-9/h1-6,9H,7-8H2,(H,18,19,20)/t9-/m0/s1. The quantitative estimate of drug-likeness (QED) is 0.944. The number of para-hydroxylation sites is 2. The van der Waals surface area contributed by atoms with Crippen molar-refractivity contribution in [3.63, 3.8) is 0 Å². The second kappa shape index (κ2) is 5.70. The van der Waals surface area contributed by atoms with E-state index in [1.165, 1.54) is 0 Å². The van der Waals surface area contributed by atoms with E-state index in [1.54, 1.807) is 12.1 Å². The van der Waals surface area contributed by atoms with Gasteiger partial charge in [-0.15, -0.1) is 0 Å². The summed E-state index contributed by atoms with van der Waals surface area (Å²) in [5.41, 5.74) is -0.990. The molecule has 0 fully saturated rings. The molecular formula is C14H12F3N3O2. The predicted molar refractivity (Wildman–Crippen MR) is 71.9 cm³/mol. The van der Waals surface area contributed by atoms with Crippen molar-refractivity contribution in [1.82, 2.24) is 9.97 Å². The molecule has 0 saturated heterocycles. The highest BCUT2D eigenvalue weighted by Crippen LogP contribution is 2.31. The van der Waals surface area contributed by atoms with Gasteiger partial charge in [-0.2, -0.15) is 13.2 Å². The minimum Gasteiger partial charge on any atom is -0.486 e. The Kier molecular flexibility index (Phi) is 3.74. The molecule has 0 unspecified atom stereocenters. The molecule has 0 amide bonds. The average molecular weight is 311 g/mol. The van der Waals surface area contributed by atoms with Gasteiger partial charge in [0.15, 0.2) is 11.5 Å². The van der Waals surface area contributed by atoms with Gasteiger partial charge in [-0.1, -0.05) is 12.1 Å². The van der Waals surface area contributed by atoms with Crippen LogP contribution in [0.25, 0.3) is 0 Å². The zero-order valence-corrected chi connectivity index (χ0v) is 11.3. The molecule has 1 aliphatic heterocycles. The van der Waals surface area contributed by atoms with Gasteiger partial charge in [-0.05, 0) is 18.2 Å². The maximum Gasteiger partial charge on any atom is 0.433 e. The van der Waals surface area contributed by atoms with Crippen molar-refractivity contribution >= 4 is 5.95 Å². The molecule has 5 nitrogen and oxygen atoms in total. The first kappa shape index (κ1) is 14.4. The maximum atomic E-state index is 12.6. The monoisotopic (exact) mass is 311 g/mol. The summed E-state index contributed by atoms with van der Waals surface area (Å²) >= 11 is 0. The second-order valence-corrected chi connectivity index (χ2v) is 4.64. The normalized spacial score (nSPS) is 17.1. The van der Waals surface area contributed by atoms with E-state index in [2.05, 4.69) is 15.3 Å². The lowest BCUT2D eigenvalue weighted by Crippen LogP contribution is -2.35. The van der Waals surface area contributed by atoms with Gasteiger partial charge in [0.1, 0.15) is 18.4 Å². The average Bonchev–Trinajstić information content (AvgIpc) is 2.52. The molecule has 1 aromatic carbocycles. The first-order valence-corrected chi connectivity index (χ1v) is 6.55. The number of ether oxygens (including phenoxy) is 2. The van der Waals surface area contributed by atoms with Crippen molar-refractivity contribution in [1.29, 1.82) is 0 Å². The van der Waals surface area contributed by atoms with Gasteiger partial charge in [0.25, 0.3) is 0 Å². The zero-order chi connectivity index (χ0) is 15.6. The molecule has 0 bridgehead atoms. The minimum absolute atomic E-state index is 0.0997. The number of nitrogens with zero attached hydrogens (tertiary/aromatic N) is 2. The molecule has 0 radical (unpaired) electrons. The summed E-state index contributed by atoms with van der Waals surface area (Å²) in [5.74, 6) is 1.15.